The molecule has 0 bridgehead atoms. The fourth-order valence-corrected chi connectivity index (χ4v) is 4.33. The van der Waals surface area contributed by atoms with Crippen molar-refractivity contribution >= 4 is 17.3 Å². The molecule has 1 atom stereocenters. The van der Waals surface area contributed by atoms with Gasteiger partial charge in [0.25, 0.3) is 5.91 Å². The lowest BCUT2D eigenvalue weighted by molar-refractivity contribution is 0.0677. The summed E-state index contributed by atoms with van der Waals surface area (Å²) in [6.45, 7) is 7.57. The molecule has 0 radical (unpaired) electrons. The number of piperazine rings is 1. The van der Waals surface area contributed by atoms with Gasteiger partial charge in [0.1, 0.15) is 11.4 Å². The van der Waals surface area contributed by atoms with Crippen LogP contribution in [0.1, 0.15) is 30.3 Å². The minimum atomic E-state index is 0.0593. The molecule has 0 spiro atoms. The number of hydrogen-bond donors (Lipinski definition) is 0. The van der Waals surface area contributed by atoms with Crippen molar-refractivity contribution in [2.45, 2.75) is 19.8 Å². The van der Waals surface area contributed by atoms with E-state index in [0.717, 1.165) is 62.8 Å². The third-order valence-electron chi connectivity index (χ3n) is 5.98. The second kappa shape index (κ2) is 8.72. The van der Waals surface area contributed by atoms with Gasteiger partial charge in [-0.05, 0) is 43.0 Å². The number of rotatable bonds is 4. The van der Waals surface area contributed by atoms with Crippen molar-refractivity contribution in [2.75, 3.05) is 56.2 Å². The second-order valence-electron chi connectivity index (χ2n) is 8.05. The highest BCUT2D eigenvalue weighted by Crippen LogP contribution is 2.29. The molecular formula is C23H30N4O2. The summed E-state index contributed by atoms with van der Waals surface area (Å²) < 4.78 is 5.50. The van der Waals surface area contributed by atoms with Crippen LogP contribution in [-0.4, -0.2) is 62.2 Å². The van der Waals surface area contributed by atoms with Crippen LogP contribution in [0, 0.1) is 5.92 Å². The summed E-state index contributed by atoms with van der Waals surface area (Å²) in [5.74, 6) is 1.55. The summed E-state index contributed by atoms with van der Waals surface area (Å²) in [5, 5.41) is 0. The van der Waals surface area contributed by atoms with Crippen molar-refractivity contribution in [3.05, 3.63) is 48.3 Å². The Bertz CT molecular complexity index is 831. The molecule has 0 saturated carbocycles. The molecule has 1 aromatic carbocycles. The highest BCUT2D eigenvalue weighted by atomic mass is 16.5. The quantitative estimate of drug-likeness (QED) is 0.796. The van der Waals surface area contributed by atoms with Gasteiger partial charge in [0.2, 0.25) is 0 Å². The van der Waals surface area contributed by atoms with Gasteiger partial charge in [-0.1, -0.05) is 19.1 Å². The SMILES string of the molecule is COc1ccccc1N1CCN(c2ccc(C(=O)N3CCCC(C)C3)nc2)CC1. The topological polar surface area (TPSA) is 48.9 Å². The predicted molar refractivity (Wildman–Crippen MR) is 116 cm³/mol. The average molecular weight is 395 g/mol. The first-order valence-corrected chi connectivity index (χ1v) is 10.5. The second-order valence-corrected chi connectivity index (χ2v) is 8.05. The van der Waals surface area contributed by atoms with Crippen LogP contribution in [0.4, 0.5) is 11.4 Å². The molecule has 0 aliphatic carbocycles. The minimum Gasteiger partial charge on any atom is -0.495 e. The van der Waals surface area contributed by atoms with E-state index in [0.29, 0.717) is 11.6 Å². The Morgan fingerprint density at radius 1 is 1.03 bits per heavy atom. The fourth-order valence-electron chi connectivity index (χ4n) is 4.33. The number of para-hydroxylation sites is 2. The van der Waals surface area contributed by atoms with Crippen molar-refractivity contribution < 1.29 is 9.53 Å². The van der Waals surface area contributed by atoms with Crippen LogP contribution in [0.5, 0.6) is 5.75 Å². The highest BCUT2D eigenvalue weighted by Gasteiger charge is 2.24. The first-order valence-electron chi connectivity index (χ1n) is 10.5. The Labute approximate surface area is 173 Å². The van der Waals surface area contributed by atoms with E-state index in [1.54, 1.807) is 7.11 Å². The van der Waals surface area contributed by atoms with Crippen molar-refractivity contribution in [3.63, 3.8) is 0 Å². The number of carbonyl (C=O) groups excluding carboxylic acids is 1. The van der Waals surface area contributed by atoms with Gasteiger partial charge in [-0.2, -0.15) is 0 Å². The molecule has 6 nitrogen and oxygen atoms in total. The maximum Gasteiger partial charge on any atom is 0.272 e. The van der Waals surface area contributed by atoms with E-state index < -0.39 is 0 Å². The average Bonchev–Trinajstić information content (AvgIpc) is 2.79. The molecule has 154 valence electrons. The number of aromatic nitrogens is 1. The zero-order valence-electron chi connectivity index (χ0n) is 17.4. The Balaban J connectivity index is 1.37. The number of methoxy groups -OCH3 is 1. The van der Waals surface area contributed by atoms with Gasteiger partial charge in [-0.25, -0.2) is 4.98 Å². The van der Waals surface area contributed by atoms with E-state index in [2.05, 4.69) is 27.8 Å². The van der Waals surface area contributed by atoms with Gasteiger partial charge in [0.15, 0.2) is 0 Å². The van der Waals surface area contributed by atoms with E-state index in [-0.39, 0.29) is 5.91 Å². The molecule has 2 saturated heterocycles. The predicted octanol–water partition coefficient (Wildman–Crippen LogP) is 3.29. The summed E-state index contributed by atoms with van der Waals surface area (Å²) in [6, 6.07) is 12.1. The third kappa shape index (κ3) is 4.31. The summed E-state index contributed by atoms with van der Waals surface area (Å²) >= 11 is 0. The molecule has 6 heteroatoms. The maximum absolute atomic E-state index is 12.7. The number of amides is 1. The van der Waals surface area contributed by atoms with Crippen LogP contribution in [0.2, 0.25) is 0 Å². The van der Waals surface area contributed by atoms with E-state index in [1.165, 1.54) is 6.42 Å². The van der Waals surface area contributed by atoms with Crippen molar-refractivity contribution in [2.24, 2.45) is 5.92 Å². The summed E-state index contributed by atoms with van der Waals surface area (Å²) in [4.78, 5) is 23.9. The number of ether oxygens (including phenoxy) is 1. The number of carbonyl (C=O) groups is 1. The molecule has 2 fully saturated rings. The van der Waals surface area contributed by atoms with Gasteiger partial charge < -0.3 is 19.4 Å². The van der Waals surface area contributed by atoms with E-state index in [9.17, 15) is 4.79 Å². The minimum absolute atomic E-state index is 0.0593. The number of piperidine rings is 1. The summed E-state index contributed by atoms with van der Waals surface area (Å²) in [5.41, 5.74) is 2.77. The number of anilines is 2. The molecule has 1 unspecified atom stereocenters. The number of nitrogens with zero attached hydrogens (tertiary/aromatic N) is 4. The van der Waals surface area contributed by atoms with Gasteiger partial charge in [-0.15, -0.1) is 0 Å². The molecule has 1 amide bonds. The first-order chi connectivity index (χ1) is 14.2. The molecule has 1 aromatic heterocycles. The molecule has 4 rings (SSSR count). The maximum atomic E-state index is 12.7. The lowest BCUT2D eigenvalue weighted by Crippen LogP contribution is -2.46. The van der Waals surface area contributed by atoms with Crippen LogP contribution in [0.25, 0.3) is 0 Å². The molecule has 2 aromatic rings. The zero-order valence-corrected chi connectivity index (χ0v) is 17.4. The van der Waals surface area contributed by atoms with Crippen LogP contribution >= 0.6 is 0 Å². The van der Waals surface area contributed by atoms with Crippen LogP contribution in [0.15, 0.2) is 42.6 Å². The van der Waals surface area contributed by atoms with Crippen LogP contribution in [-0.2, 0) is 0 Å². The molecular weight excluding hydrogens is 364 g/mol. The lowest BCUT2D eigenvalue weighted by Gasteiger charge is -2.37. The standard InChI is InChI=1S/C23H30N4O2/c1-18-6-5-11-27(17-18)23(28)20-10-9-19(16-24-20)25-12-14-26(15-13-25)21-7-3-4-8-22(21)29-2/h3-4,7-10,16,18H,5-6,11-15,17H2,1-2H3. The van der Waals surface area contributed by atoms with Crippen LogP contribution in [0.3, 0.4) is 0 Å². The largest absolute Gasteiger partial charge is 0.495 e. The van der Waals surface area contributed by atoms with Crippen molar-refractivity contribution in [3.8, 4) is 5.75 Å². The van der Waals surface area contributed by atoms with E-state index >= 15 is 0 Å². The smallest absolute Gasteiger partial charge is 0.272 e. The number of pyridine rings is 1. The molecule has 0 N–H and O–H groups in total. The molecule has 29 heavy (non-hydrogen) atoms. The third-order valence-corrected chi connectivity index (χ3v) is 5.98. The first kappa shape index (κ1) is 19.6. The fraction of sp³-hybridized carbons (Fsp3) is 0.478. The van der Waals surface area contributed by atoms with E-state index in [1.807, 2.05) is 41.4 Å². The molecule has 3 heterocycles. The molecule has 2 aliphatic heterocycles. The van der Waals surface area contributed by atoms with E-state index in [4.69, 9.17) is 4.74 Å². The number of likely N-dealkylation sites (tertiary alicyclic amines) is 1. The van der Waals surface area contributed by atoms with Gasteiger partial charge in [-0.3, -0.25) is 4.79 Å². The Hall–Kier alpha value is -2.76. The van der Waals surface area contributed by atoms with Gasteiger partial charge >= 0.3 is 0 Å². The number of hydrogen-bond acceptors (Lipinski definition) is 5. The zero-order chi connectivity index (χ0) is 20.2. The normalized spacial score (nSPS) is 19.9. The van der Waals surface area contributed by atoms with Crippen molar-refractivity contribution in [1.82, 2.24) is 9.88 Å². The Kier molecular flexibility index (Phi) is 5.88. The van der Waals surface area contributed by atoms with Gasteiger partial charge in [0, 0.05) is 39.3 Å². The summed E-state index contributed by atoms with van der Waals surface area (Å²) in [6.07, 6.45) is 4.14. The Morgan fingerprint density at radius 2 is 1.79 bits per heavy atom. The summed E-state index contributed by atoms with van der Waals surface area (Å²) in [7, 11) is 1.72. The monoisotopic (exact) mass is 394 g/mol. The molecule has 2 aliphatic rings. The number of benzene rings is 1. The van der Waals surface area contributed by atoms with Crippen LogP contribution < -0.4 is 14.5 Å². The van der Waals surface area contributed by atoms with Crippen molar-refractivity contribution in [1.29, 1.82) is 0 Å². The lowest BCUT2D eigenvalue weighted by atomic mass is 10.00. The highest BCUT2D eigenvalue weighted by molar-refractivity contribution is 5.92. The Morgan fingerprint density at radius 3 is 2.48 bits per heavy atom. The van der Waals surface area contributed by atoms with Gasteiger partial charge in [0.05, 0.1) is 24.7 Å².